The van der Waals surface area contributed by atoms with Gasteiger partial charge >= 0.3 is 0 Å². The molecule has 0 radical (unpaired) electrons. The summed E-state index contributed by atoms with van der Waals surface area (Å²) in [5, 5.41) is 11.0. The highest BCUT2D eigenvalue weighted by molar-refractivity contribution is 5.96. The highest BCUT2D eigenvalue weighted by Crippen LogP contribution is 2.22. The van der Waals surface area contributed by atoms with Crippen molar-refractivity contribution in [3.8, 4) is 0 Å². The second-order valence-corrected chi connectivity index (χ2v) is 8.14. The molecule has 2 heterocycles. The molecule has 34 heavy (non-hydrogen) atoms. The zero-order valence-corrected chi connectivity index (χ0v) is 19.1. The van der Waals surface area contributed by atoms with Crippen LogP contribution < -0.4 is 16.4 Å². The van der Waals surface area contributed by atoms with Gasteiger partial charge in [0.15, 0.2) is 5.65 Å². The van der Waals surface area contributed by atoms with Crippen molar-refractivity contribution < 1.29 is 14.4 Å². The van der Waals surface area contributed by atoms with Crippen molar-refractivity contribution in [1.29, 1.82) is 0 Å². The lowest BCUT2D eigenvalue weighted by atomic mass is 10.1. The number of benzene rings is 2. The molecule has 4 N–H and O–H groups in total. The number of aromatic nitrogens is 3. The van der Waals surface area contributed by atoms with Crippen molar-refractivity contribution in [3.63, 3.8) is 0 Å². The highest BCUT2D eigenvalue weighted by atomic mass is 16.2. The van der Waals surface area contributed by atoms with E-state index < -0.39 is 5.91 Å². The monoisotopic (exact) mass is 458 g/mol. The minimum absolute atomic E-state index is 0.0761. The van der Waals surface area contributed by atoms with Gasteiger partial charge in [-0.05, 0) is 55.7 Å². The number of rotatable bonds is 8. The maximum atomic E-state index is 12.5. The molecule has 0 unspecified atom stereocenters. The SMILES string of the molecule is Cc1nc2c3ccccc3nn2c(C)c1CCC(=O)NCc1ccc(C(=O)NCC(N)=O)cc1. The van der Waals surface area contributed by atoms with Gasteiger partial charge in [0, 0.05) is 35.3 Å². The molecule has 3 amide bonds. The fourth-order valence-corrected chi connectivity index (χ4v) is 3.91. The largest absolute Gasteiger partial charge is 0.368 e. The van der Waals surface area contributed by atoms with E-state index in [2.05, 4.69) is 15.7 Å². The average molecular weight is 459 g/mol. The Bertz CT molecular complexity index is 1390. The number of nitrogens with one attached hydrogen (secondary N) is 2. The van der Waals surface area contributed by atoms with Gasteiger partial charge in [-0.25, -0.2) is 9.50 Å². The molecule has 9 heteroatoms. The van der Waals surface area contributed by atoms with Crippen LogP contribution in [-0.2, 0) is 22.6 Å². The lowest BCUT2D eigenvalue weighted by Crippen LogP contribution is -2.33. The quantitative estimate of drug-likeness (QED) is 0.371. The topological polar surface area (TPSA) is 131 Å². The summed E-state index contributed by atoms with van der Waals surface area (Å²) in [5.41, 5.74) is 10.9. The van der Waals surface area contributed by atoms with Crippen molar-refractivity contribution in [3.05, 3.63) is 76.6 Å². The predicted octanol–water partition coefficient (Wildman–Crippen LogP) is 1.96. The third-order valence-electron chi connectivity index (χ3n) is 5.75. The smallest absolute Gasteiger partial charge is 0.251 e. The van der Waals surface area contributed by atoms with Gasteiger partial charge in [0.1, 0.15) is 0 Å². The van der Waals surface area contributed by atoms with Gasteiger partial charge in [0.2, 0.25) is 11.8 Å². The Morgan fingerprint density at radius 3 is 2.47 bits per heavy atom. The van der Waals surface area contributed by atoms with Crippen molar-refractivity contribution in [2.24, 2.45) is 5.73 Å². The molecule has 0 bridgehead atoms. The van der Waals surface area contributed by atoms with E-state index in [4.69, 9.17) is 10.7 Å². The van der Waals surface area contributed by atoms with E-state index in [1.54, 1.807) is 24.3 Å². The lowest BCUT2D eigenvalue weighted by molar-refractivity contribution is -0.121. The first-order valence-corrected chi connectivity index (χ1v) is 11.0. The van der Waals surface area contributed by atoms with Crippen molar-refractivity contribution in [2.75, 3.05) is 6.54 Å². The Morgan fingerprint density at radius 1 is 1.00 bits per heavy atom. The third-order valence-corrected chi connectivity index (χ3v) is 5.75. The molecule has 174 valence electrons. The molecule has 9 nitrogen and oxygen atoms in total. The van der Waals surface area contributed by atoms with Crippen LogP contribution in [0.15, 0.2) is 48.5 Å². The Kier molecular flexibility index (Phi) is 6.53. The number of fused-ring (bicyclic) bond motifs is 3. The van der Waals surface area contributed by atoms with Crippen LogP contribution in [0.1, 0.15) is 39.3 Å². The minimum atomic E-state index is -0.605. The summed E-state index contributed by atoms with van der Waals surface area (Å²) in [4.78, 5) is 39.9. The molecule has 0 fully saturated rings. The van der Waals surface area contributed by atoms with E-state index in [1.807, 2.05) is 42.6 Å². The normalized spacial score (nSPS) is 11.0. The first-order chi connectivity index (χ1) is 16.3. The molecular weight excluding hydrogens is 432 g/mol. The number of hydrogen-bond acceptors (Lipinski definition) is 5. The summed E-state index contributed by atoms with van der Waals surface area (Å²) in [6, 6.07) is 14.7. The van der Waals surface area contributed by atoms with E-state index in [0.29, 0.717) is 24.9 Å². The predicted molar refractivity (Wildman–Crippen MR) is 128 cm³/mol. The van der Waals surface area contributed by atoms with Gasteiger partial charge in [-0.15, -0.1) is 0 Å². The molecule has 2 aromatic carbocycles. The summed E-state index contributed by atoms with van der Waals surface area (Å²) >= 11 is 0. The summed E-state index contributed by atoms with van der Waals surface area (Å²) in [7, 11) is 0. The highest BCUT2D eigenvalue weighted by Gasteiger charge is 2.15. The van der Waals surface area contributed by atoms with E-state index in [9.17, 15) is 14.4 Å². The molecule has 4 aromatic rings. The molecule has 0 atom stereocenters. The average Bonchev–Trinajstić information content (AvgIpc) is 3.20. The number of primary amides is 1. The van der Waals surface area contributed by atoms with Crippen LogP contribution in [0.2, 0.25) is 0 Å². The molecular formula is C25H26N6O3. The number of carbonyl (C=O) groups excluding carboxylic acids is 3. The van der Waals surface area contributed by atoms with Crippen LogP contribution in [0.5, 0.6) is 0 Å². The molecule has 4 rings (SSSR count). The maximum absolute atomic E-state index is 12.5. The lowest BCUT2D eigenvalue weighted by Gasteiger charge is -2.11. The Morgan fingerprint density at radius 2 is 1.74 bits per heavy atom. The Hall–Kier alpha value is -4.27. The summed E-state index contributed by atoms with van der Waals surface area (Å²) < 4.78 is 1.85. The van der Waals surface area contributed by atoms with Crippen LogP contribution in [0.3, 0.4) is 0 Å². The first-order valence-electron chi connectivity index (χ1n) is 11.0. The summed E-state index contributed by atoms with van der Waals surface area (Å²) in [6.07, 6.45) is 0.880. The number of nitrogens with two attached hydrogens (primary N) is 1. The molecule has 0 aliphatic carbocycles. The number of carbonyl (C=O) groups is 3. The van der Waals surface area contributed by atoms with Crippen LogP contribution in [0.4, 0.5) is 0 Å². The van der Waals surface area contributed by atoms with Crippen LogP contribution >= 0.6 is 0 Å². The van der Waals surface area contributed by atoms with Crippen molar-refractivity contribution in [1.82, 2.24) is 25.2 Å². The number of aryl methyl sites for hydroxylation is 2. The maximum Gasteiger partial charge on any atom is 0.251 e. The molecule has 0 saturated carbocycles. The Balaban J connectivity index is 1.35. The zero-order valence-electron chi connectivity index (χ0n) is 19.1. The minimum Gasteiger partial charge on any atom is -0.368 e. The molecule has 2 aromatic heterocycles. The summed E-state index contributed by atoms with van der Waals surface area (Å²) in [5.74, 6) is -1.06. The van der Waals surface area contributed by atoms with E-state index >= 15 is 0 Å². The first kappa shape index (κ1) is 22.9. The van der Waals surface area contributed by atoms with Gasteiger partial charge in [0.25, 0.3) is 5.91 Å². The van der Waals surface area contributed by atoms with Crippen molar-refractivity contribution in [2.45, 2.75) is 33.2 Å². The Labute approximate surface area is 196 Å². The molecule has 0 aliphatic rings. The zero-order chi connectivity index (χ0) is 24.2. The van der Waals surface area contributed by atoms with Gasteiger partial charge in [-0.2, -0.15) is 5.10 Å². The van der Waals surface area contributed by atoms with Crippen molar-refractivity contribution >= 4 is 34.3 Å². The van der Waals surface area contributed by atoms with E-state index in [0.717, 1.165) is 39.1 Å². The third kappa shape index (κ3) is 4.88. The number of nitrogens with zero attached hydrogens (tertiary/aromatic N) is 3. The van der Waals surface area contributed by atoms with E-state index in [-0.39, 0.29) is 18.4 Å². The second kappa shape index (κ2) is 9.70. The van der Waals surface area contributed by atoms with Crippen LogP contribution in [-0.4, -0.2) is 38.9 Å². The van der Waals surface area contributed by atoms with E-state index in [1.165, 1.54) is 0 Å². The van der Waals surface area contributed by atoms with Gasteiger partial charge < -0.3 is 16.4 Å². The summed E-state index contributed by atoms with van der Waals surface area (Å²) in [6.45, 7) is 4.10. The van der Waals surface area contributed by atoms with Gasteiger partial charge in [-0.1, -0.05) is 24.3 Å². The standard InChI is InChI=1S/C25H26N6O3/c1-15-19(16(2)31-24(29-15)20-5-3-4-6-21(20)30-31)11-12-23(33)27-13-17-7-9-18(10-8-17)25(34)28-14-22(26)32/h3-10H,11-14H2,1-2H3,(H2,26,32)(H,27,33)(H,28,34). The fraction of sp³-hybridized carbons (Fsp3) is 0.240. The molecule has 0 aliphatic heterocycles. The molecule has 0 saturated heterocycles. The number of amides is 3. The molecule has 0 spiro atoms. The fourth-order valence-electron chi connectivity index (χ4n) is 3.91. The van der Waals surface area contributed by atoms with Gasteiger partial charge in [-0.3, -0.25) is 14.4 Å². The second-order valence-electron chi connectivity index (χ2n) is 8.14. The van der Waals surface area contributed by atoms with Gasteiger partial charge in [0.05, 0.1) is 12.1 Å². The number of hydrogen-bond donors (Lipinski definition) is 3. The van der Waals surface area contributed by atoms with Crippen LogP contribution in [0.25, 0.3) is 16.6 Å². The van der Waals surface area contributed by atoms with Crippen LogP contribution in [0, 0.1) is 13.8 Å².